The number of hydrogen-bond acceptors (Lipinski definition) is 4. The molecule has 2 saturated carbocycles. The van der Waals surface area contributed by atoms with Crippen LogP contribution in [0.5, 0.6) is 5.75 Å². The van der Waals surface area contributed by atoms with E-state index in [0.717, 1.165) is 43.5 Å². The predicted molar refractivity (Wildman–Crippen MR) is 132 cm³/mol. The Morgan fingerprint density at radius 3 is 2.15 bits per heavy atom. The third-order valence-corrected chi connectivity index (χ3v) is 9.51. The van der Waals surface area contributed by atoms with Crippen LogP contribution in [0.4, 0.5) is 0 Å². The van der Waals surface area contributed by atoms with Crippen LogP contribution in [0.25, 0.3) is 0 Å². The van der Waals surface area contributed by atoms with Gasteiger partial charge in [-0.3, -0.25) is 9.59 Å². The number of carbonyl (C=O) groups excluding carboxylic acids is 2. The van der Waals surface area contributed by atoms with Crippen molar-refractivity contribution in [2.24, 2.45) is 39.5 Å². The van der Waals surface area contributed by atoms with Gasteiger partial charge < -0.3 is 21.1 Å². The highest BCUT2D eigenvalue weighted by Crippen LogP contribution is 2.81. The molecular formula is C28H39N3O3. The number of nitrogens with zero attached hydrogens (tertiary/aromatic N) is 1. The van der Waals surface area contributed by atoms with Crippen LogP contribution in [0.3, 0.4) is 0 Å². The summed E-state index contributed by atoms with van der Waals surface area (Å²) in [6, 6.07) is 7.88. The number of rotatable bonds is 11. The maximum Gasteiger partial charge on any atom is 0.225 e. The molecule has 0 unspecified atom stereocenters. The Labute approximate surface area is 203 Å². The molecule has 1 heterocycles. The minimum absolute atomic E-state index is 0.00415. The lowest BCUT2D eigenvalue weighted by molar-refractivity contribution is -0.151. The SMILES string of the molecule is CCOc1ccc(C[C@@]2(C(N)=O)[C@H]3C=C[C@H](C34CC4)[C@@]2(CCCCN2CCCC2)C(N)=O)cc1. The molecule has 2 bridgehead atoms. The molecule has 1 aliphatic heterocycles. The van der Waals surface area contributed by atoms with E-state index in [2.05, 4.69) is 17.1 Å². The van der Waals surface area contributed by atoms with E-state index in [1.165, 1.54) is 25.9 Å². The molecule has 3 aliphatic carbocycles. The fourth-order valence-electron chi connectivity index (χ4n) is 7.97. The average Bonchev–Trinajstić information content (AvgIpc) is 3.18. The van der Waals surface area contributed by atoms with Crippen molar-refractivity contribution in [2.45, 2.75) is 58.3 Å². The molecule has 2 amide bonds. The molecule has 1 aromatic carbocycles. The van der Waals surface area contributed by atoms with Crippen molar-refractivity contribution < 1.29 is 14.3 Å². The largest absolute Gasteiger partial charge is 0.494 e. The van der Waals surface area contributed by atoms with E-state index in [-0.39, 0.29) is 29.1 Å². The predicted octanol–water partition coefficient (Wildman–Crippen LogP) is 3.43. The lowest BCUT2D eigenvalue weighted by Gasteiger charge is -2.48. The molecule has 4 aliphatic rings. The Kier molecular flexibility index (Phi) is 5.99. The quantitative estimate of drug-likeness (QED) is 0.386. The van der Waals surface area contributed by atoms with Gasteiger partial charge >= 0.3 is 0 Å². The topological polar surface area (TPSA) is 98.7 Å². The first-order valence-electron chi connectivity index (χ1n) is 13.1. The van der Waals surface area contributed by atoms with E-state index in [1.54, 1.807) is 0 Å². The van der Waals surface area contributed by atoms with Crippen LogP contribution in [0.1, 0.15) is 57.4 Å². The molecule has 3 fully saturated rings. The summed E-state index contributed by atoms with van der Waals surface area (Å²) in [5, 5.41) is 0. The van der Waals surface area contributed by atoms with Gasteiger partial charge in [0.05, 0.1) is 17.4 Å². The summed E-state index contributed by atoms with van der Waals surface area (Å²) in [5.74, 6) is 0.0583. The van der Waals surface area contributed by atoms with Gasteiger partial charge in [-0.05, 0) is 106 Å². The number of benzene rings is 1. The zero-order valence-electron chi connectivity index (χ0n) is 20.4. The van der Waals surface area contributed by atoms with Crippen LogP contribution in [-0.2, 0) is 16.0 Å². The zero-order chi connectivity index (χ0) is 24.0. The van der Waals surface area contributed by atoms with Crippen molar-refractivity contribution in [3.05, 3.63) is 42.0 Å². The van der Waals surface area contributed by atoms with E-state index in [4.69, 9.17) is 16.2 Å². The second kappa shape index (κ2) is 8.71. The number of amides is 2. The Morgan fingerprint density at radius 2 is 1.59 bits per heavy atom. The van der Waals surface area contributed by atoms with Crippen LogP contribution in [-0.4, -0.2) is 43.0 Å². The summed E-state index contributed by atoms with van der Waals surface area (Å²) in [6.07, 6.45) is 12.0. The minimum atomic E-state index is -0.991. The summed E-state index contributed by atoms with van der Waals surface area (Å²) in [7, 11) is 0. The van der Waals surface area contributed by atoms with Crippen molar-refractivity contribution in [1.29, 1.82) is 0 Å². The van der Waals surface area contributed by atoms with Gasteiger partial charge in [-0.1, -0.05) is 30.7 Å². The minimum Gasteiger partial charge on any atom is -0.494 e. The van der Waals surface area contributed by atoms with Gasteiger partial charge in [0, 0.05) is 0 Å². The summed E-state index contributed by atoms with van der Waals surface area (Å²) in [5.41, 5.74) is 11.6. The number of nitrogens with two attached hydrogens (primary N) is 2. The number of hydrogen-bond donors (Lipinski definition) is 2. The van der Waals surface area contributed by atoms with Crippen molar-refractivity contribution in [2.75, 3.05) is 26.2 Å². The standard InChI is InChI=1S/C28H39N3O3/c1-2-34-21-9-7-20(8-10-21)19-28(25(30)33)23-12-11-22(26(23)14-15-26)27(28,24(29)32)13-3-4-16-31-17-5-6-18-31/h7-12,22-23H,2-6,13-19H2,1H3,(H2,29,32)(H2,30,33)/t22-,23+,27+,28+/m1/s1. The highest BCUT2D eigenvalue weighted by Gasteiger charge is 2.81. The normalized spacial score (nSPS) is 33.0. The Morgan fingerprint density at radius 1 is 0.971 bits per heavy atom. The van der Waals surface area contributed by atoms with E-state index in [0.29, 0.717) is 19.4 Å². The van der Waals surface area contributed by atoms with Gasteiger partial charge in [-0.15, -0.1) is 0 Å². The van der Waals surface area contributed by atoms with E-state index in [1.807, 2.05) is 31.2 Å². The fraction of sp³-hybridized carbons (Fsp3) is 0.643. The van der Waals surface area contributed by atoms with Crippen molar-refractivity contribution in [1.82, 2.24) is 4.90 Å². The van der Waals surface area contributed by atoms with Gasteiger partial charge in [0.2, 0.25) is 11.8 Å². The summed E-state index contributed by atoms with van der Waals surface area (Å²) in [4.78, 5) is 29.5. The summed E-state index contributed by atoms with van der Waals surface area (Å²) < 4.78 is 5.60. The molecule has 34 heavy (non-hydrogen) atoms. The Balaban J connectivity index is 1.48. The number of primary amides is 2. The Hall–Kier alpha value is -2.34. The van der Waals surface area contributed by atoms with Gasteiger partial charge in [0.15, 0.2) is 0 Å². The van der Waals surface area contributed by atoms with Crippen LogP contribution < -0.4 is 16.2 Å². The van der Waals surface area contributed by atoms with Crippen molar-refractivity contribution in [3.63, 3.8) is 0 Å². The molecule has 5 rings (SSSR count). The van der Waals surface area contributed by atoms with Crippen LogP contribution in [0.2, 0.25) is 0 Å². The number of allylic oxidation sites excluding steroid dienone is 2. The van der Waals surface area contributed by atoms with Crippen molar-refractivity contribution >= 4 is 11.8 Å². The molecule has 6 heteroatoms. The fourth-order valence-corrected chi connectivity index (χ4v) is 7.97. The third-order valence-electron chi connectivity index (χ3n) is 9.51. The van der Waals surface area contributed by atoms with Gasteiger partial charge in [-0.2, -0.15) is 0 Å². The molecule has 1 spiro atoms. The number of unbranched alkanes of at least 4 members (excludes halogenated alkanes) is 1. The maximum atomic E-state index is 13.5. The number of ether oxygens (including phenoxy) is 1. The molecule has 4 N–H and O–H groups in total. The summed E-state index contributed by atoms with van der Waals surface area (Å²) in [6.45, 7) is 5.94. The molecule has 1 aromatic rings. The van der Waals surface area contributed by atoms with E-state index >= 15 is 0 Å². The second-order valence-corrected chi connectivity index (χ2v) is 11.0. The molecule has 184 valence electrons. The summed E-state index contributed by atoms with van der Waals surface area (Å²) >= 11 is 0. The van der Waals surface area contributed by atoms with E-state index in [9.17, 15) is 9.59 Å². The maximum absolute atomic E-state index is 13.5. The van der Waals surface area contributed by atoms with Gasteiger partial charge in [0.1, 0.15) is 5.75 Å². The zero-order valence-corrected chi connectivity index (χ0v) is 20.4. The molecule has 0 radical (unpaired) electrons. The lowest BCUT2D eigenvalue weighted by atomic mass is 9.53. The highest BCUT2D eigenvalue weighted by atomic mass is 16.5. The van der Waals surface area contributed by atoms with Crippen LogP contribution in [0.15, 0.2) is 36.4 Å². The third kappa shape index (κ3) is 3.32. The van der Waals surface area contributed by atoms with Gasteiger partial charge in [0.25, 0.3) is 0 Å². The molecule has 0 aromatic heterocycles. The smallest absolute Gasteiger partial charge is 0.225 e. The van der Waals surface area contributed by atoms with Crippen LogP contribution >= 0.6 is 0 Å². The first-order chi connectivity index (χ1) is 16.4. The monoisotopic (exact) mass is 465 g/mol. The second-order valence-electron chi connectivity index (χ2n) is 11.0. The molecular weight excluding hydrogens is 426 g/mol. The average molecular weight is 466 g/mol. The highest BCUT2D eigenvalue weighted by molar-refractivity contribution is 5.95. The van der Waals surface area contributed by atoms with E-state index < -0.39 is 10.8 Å². The van der Waals surface area contributed by atoms with Gasteiger partial charge in [-0.25, -0.2) is 0 Å². The number of likely N-dealkylation sites (tertiary alicyclic amines) is 1. The Bertz CT molecular complexity index is 964. The molecule has 1 saturated heterocycles. The number of carbonyl (C=O) groups is 2. The first-order valence-corrected chi connectivity index (χ1v) is 13.1. The molecule has 4 atom stereocenters. The lowest BCUT2D eigenvalue weighted by Crippen LogP contribution is -2.60. The van der Waals surface area contributed by atoms with Crippen molar-refractivity contribution in [3.8, 4) is 5.75 Å². The first kappa shape index (κ1) is 23.4. The van der Waals surface area contributed by atoms with Crippen LogP contribution in [0, 0.1) is 28.1 Å². The molecule has 6 nitrogen and oxygen atoms in total.